The van der Waals surface area contributed by atoms with Crippen LogP contribution in [0.2, 0.25) is 0 Å². The Labute approximate surface area is 138 Å². The fraction of sp³-hybridized carbons (Fsp3) is 0.625. The Hall–Kier alpha value is -1.99. The van der Waals surface area contributed by atoms with Gasteiger partial charge in [0.2, 0.25) is 5.88 Å². The number of ether oxygens (including phenoxy) is 2. The molecular formula is C16H21F3N2O3. The van der Waals surface area contributed by atoms with Crippen molar-refractivity contribution in [2.24, 2.45) is 5.92 Å². The number of likely N-dealkylation sites (tertiary alicyclic amines) is 1. The van der Waals surface area contributed by atoms with Crippen molar-refractivity contribution < 1.29 is 27.4 Å². The molecule has 1 atom stereocenters. The Morgan fingerprint density at radius 3 is 2.71 bits per heavy atom. The molecule has 134 valence electrons. The molecule has 1 aromatic rings. The van der Waals surface area contributed by atoms with Crippen molar-refractivity contribution in [2.45, 2.75) is 39.0 Å². The summed E-state index contributed by atoms with van der Waals surface area (Å²) in [5.74, 6) is -0.0330. The van der Waals surface area contributed by atoms with Gasteiger partial charge in [0.15, 0.2) is 0 Å². The summed E-state index contributed by atoms with van der Waals surface area (Å²) in [6.45, 7) is 6.57. The molecule has 1 fully saturated rings. The minimum atomic E-state index is -4.43. The number of carbonyl (C=O) groups is 1. The van der Waals surface area contributed by atoms with Gasteiger partial charge < -0.3 is 14.4 Å². The molecule has 1 saturated heterocycles. The van der Waals surface area contributed by atoms with Crippen molar-refractivity contribution in [3.8, 4) is 5.88 Å². The predicted molar refractivity (Wildman–Crippen MR) is 80.6 cm³/mol. The summed E-state index contributed by atoms with van der Waals surface area (Å²) < 4.78 is 48.6. The summed E-state index contributed by atoms with van der Waals surface area (Å²) in [6, 6.07) is 1.77. The van der Waals surface area contributed by atoms with E-state index in [1.807, 2.05) is 0 Å². The molecule has 0 saturated carbocycles. The summed E-state index contributed by atoms with van der Waals surface area (Å²) in [5, 5.41) is 0. The van der Waals surface area contributed by atoms with Gasteiger partial charge in [0.25, 0.3) is 0 Å². The second-order valence-corrected chi connectivity index (χ2v) is 6.77. The van der Waals surface area contributed by atoms with E-state index in [1.54, 1.807) is 25.7 Å². The number of hydrogen-bond donors (Lipinski definition) is 0. The van der Waals surface area contributed by atoms with Crippen molar-refractivity contribution in [3.63, 3.8) is 0 Å². The minimum absolute atomic E-state index is 0.0360. The van der Waals surface area contributed by atoms with Crippen LogP contribution in [0.25, 0.3) is 0 Å². The number of alkyl halides is 3. The Morgan fingerprint density at radius 2 is 2.08 bits per heavy atom. The van der Waals surface area contributed by atoms with Crippen molar-refractivity contribution in [1.29, 1.82) is 0 Å². The van der Waals surface area contributed by atoms with E-state index in [9.17, 15) is 18.0 Å². The first kappa shape index (κ1) is 18.4. The van der Waals surface area contributed by atoms with E-state index >= 15 is 0 Å². The van der Waals surface area contributed by atoms with Crippen LogP contribution < -0.4 is 4.74 Å². The van der Waals surface area contributed by atoms with Crippen LogP contribution in [-0.4, -0.2) is 41.3 Å². The summed E-state index contributed by atoms with van der Waals surface area (Å²) >= 11 is 0. The van der Waals surface area contributed by atoms with Gasteiger partial charge in [-0.3, -0.25) is 0 Å². The van der Waals surface area contributed by atoms with Crippen LogP contribution in [0, 0.1) is 5.92 Å². The van der Waals surface area contributed by atoms with Crippen molar-refractivity contribution in [3.05, 3.63) is 23.9 Å². The summed E-state index contributed by atoms with van der Waals surface area (Å²) in [7, 11) is 0. The highest BCUT2D eigenvalue weighted by atomic mass is 19.4. The first-order chi connectivity index (χ1) is 11.0. The number of amides is 1. The SMILES string of the molecule is CC(C)(C)OC(=O)N1CCC(COc2cc(C(F)(F)F)ccn2)C1. The zero-order valence-corrected chi connectivity index (χ0v) is 13.9. The minimum Gasteiger partial charge on any atom is -0.477 e. The normalized spacial score (nSPS) is 18.6. The quantitative estimate of drug-likeness (QED) is 0.837. The standard InChI is InChI=1S/C16H21F3N2O3/c1-15(2,3)24-14(22)21-7-5-11(9-21)10-23-13-8-12(4-6-20-13)16(17,18)19/h4,6,8,11H,5,7,9-10H2,1-3H3. The molecular weight excluding hydrogens is 325 g/mol. The topological polar surface area (TPSA) is 51.7 Å². The number of rotatable bonds is 3. The number of aromatic nitrogens is 1. The first-order valence-corrected chi connectivity index (χ1v) is 7.68. The van der Waals surface area contributed by atoms with E-state index in [-0.39, 0.29) is 24.5 Å². The van der Waals surface area contributed by atoms with Crippen LogP contribution in [0.5, 0.6) is 5.88 Å². The fourth-order valence-electron chi connectivity index (χ4n) is 2.33. The summed E-state index contributed by atoms with van der Waals surface area (Å²) in [6.07, 6.45) is -3.04. The van der Waals surface area contributed by atoms with Crippen molar-refractivity contribution in [2.75, 3.05) is 19.7 Å². The fourth-order valence-corrected chi connectivity index (χ4v) is 2.33. The van der Waals surface area contributed by atoms with E-state index in [1.165, 1.54) is 0 Å². The summed E-state index contributed by atoms with van der Waals surface area (Å²) in [5.41, 5.74) is -1.36. The lowest BCUT2D eigenvalue weighted by Gasteiger charge is -2.24. The largest absolute Gasteiger partial charge is 0.477 e. The molecule has 0 aromatic carbocycles. The molecule has 2 rings (SSSR count). The third-order valence-electron chi connectivity index (χ3n) is 3.47. The molecule has 5 nitrogen and oxygen atoms in total. The molecule has 1 aliphatic rings. The Balaban J connectivity index is 1.85. The zero-order chi connectivity index (χ0) is 18.0. The van der Waals surface area contributed by atoms with Crippen LogP contribution in [-0.2, 0) is 10.9 Å². The Morgan fingerprint density at radius 1 is 1.38 bits per heavy atom. The van der Waals surface area contributed by atoms with E-state index in [0.717, 1.165) is 18.3 Å². The maximum absolute atomic E-state index is 12.6. The highest BCUT2D eigenvalue weighted by molar-refractivity contribution is 5.68. The highest BCUT2D eigenvalue weighted by Gasteiger charge is 2.32. The van der Waals surface area contributed by atoms with E-state index in [4.69, 9.17) is 9.47 Å². The lowest BCUT2D eigenvalue weighted by molar-refractivity contribution is -0.137. The zero-order valence-electron chi connectivity index (χ0n) is 13.9. The third-order valence-corrected chi connectivity index (χ3v) is 3.47. The van der Waals surface area contributed by atoms with E-state index < -0.39 is 17.3 Å². The van der Waals surface area contributed by atoms with Crippen LogP contribution >= 0.6 is 0 Å². The number of nitrogens with zero attached hydrogens (tertiary/aromatic N) is 2. The number of carbonyl (C=O) groups excluding carboxylic acids is 1. The maximum atomic E-state index is 12.6. The lowest BCUT2D eigenvalue weighted by atomic mass is 10.1. The molecule has 0 spiro atoms. The van der Waals surface area contributed by atoms with Gasteiger partial charge >= 0.3 is 12.3 Å². The van der Waals surface area contributed by atoms with Gasteiger partial charge in [-0.05, 0) is 33.3 Å². The van der Waals surface area contributed by atoms with Crippen LogP contribution in [0.15, 0.2) is 18.3 Å². The predicted octanol–water partition coefficient (Wildman–Crippen LogP) is 3.74. The van der Waals surface area contributed by atoms with Crippen LogP contribution in [0.4, 0.5) is 18.0 Å². The molecule has 0 radical (unpaired) electrons. The lowest BCUT2D eigenvalue weighted by Crippen LogP contribution is -2.35. The maximum Gasteiger partial charge on any atom is 0.416 e. The summed E-state index contributed by atoms with van der Waals surface area (Å²) in [4.78, 5) is 17.3. The van der Waals surface area contributed by atoms with Gasteiger partial charge in [-0.25, -0.2) is 9.78 Å². The van der Waals surface area contributed by atoms with Crippen molar-refractivity contribution >= 4 is 6.09 Å². The molecule has 1 unspecified atom stereocenters. The first-order valence-electron chi connectivity index (χ1n) is 7.68. The number of hydrogen-bond acceptors (Lipinski definition) is 4. The van der Waals surface area contributed by atoms with Gasteiger partial charge in [-0.1, -0.05) is 0 Å². The molecule has 1 aromatic heterocycles. The molecule has 8 heteroatoms. The molecule has 0 aliphatic carbocycles. The van der Waals surface area contributed by atoms with Crippen LogP contribution in [0.3, 0.4) is 0 Å². The van der Waals surface area contributed by atoms with Gasteiger partial charge in [0, 0.05) is 31.3 Å². The van der Waals surface area contributed by atoms with Crippen LogP contribution in [0.1, 0.15) is 32.8 Å². The van der Waals surface area contributed by atoms with Crippen molar-refractivity contribution in [1.82, 2.24) is 9.88 Å². The Bertz CT molecular complexity index is 585. The monoisotopic (exact) mass is 346 g/mol. The molecule has 0 bridgehead atoms. The molecule has 2 heterocycles. The van der Waals surface area contributed by atoms with E-state index in [0.29, 0.717) is 19.5 Å². The molecule has 1 amide bonds. The smallest absolute Gasteiger partial charge is 0.416 e. The average Bonchev–Trinajstić information content (AvgIpc) is 2.92. The number of pyridine rings is 1. The van der Waals surface area contributed by atoms with Gasteiger partial charge in [0.05, 0.1) is 12.2 Å². The van der Waals surface area contributed by atoms with Gasteiger partial charge in [-0.2, -0.15) is 13.2 Å². The average molecular weight is 346 g/mol. The third kappa shape index (κ3) is 5.28. The van der Waals surface area contributed by atoms with Gasteiger partial charge in [-0.15, -0.1) is 0 Å². The highest BCUT2D eigenvalue weighted by Crippen LogP contribution is 2.30. The molecule has 0 N–H and O–H groups in total. The second-order valence-electron chi connectivity index (χ2n) is 6.77. The van der Waals surface area contributed by atoms with E-state index in [2.05, 4.69) is 4.98 Å². The Kier molecular flexibility index (Phi) is 5.25. The molecule has 1 aliphatic heterocycles. The molecule has 24 heavy (non-hydrogen) atoms. The second kappa shape index (κ2) is 6.86. The van der Waals surface area contributed by atoms with Gasteiger partial charge in [0.1, 0.15) is 5.60 Å². The number of halogens is 3.